The highest BCUT2D eigenvalue weighted by molar-refractivity contribution is 7.20. The molecule has 126 valence electrons. The van der Waals surface area contributed by atoms with Crippen LogP contribution in [0.3, 0.4) is 0 Å². The number of nitrogens with two attached hydrogens (primary N) is 2. The van der Waals surface area contributed by atoms with E-state index in [2.05, 4.69) is 11.4 Å². The maximum Gasteiger partial charge on any atom is 0.317 e. The summed E-state index contributed by atoms with van der Waals surface area (Å²) >= 11 is 1.31. The van der Waals surface area contributed by atoms with Crippen molar-refractivity contribution in [2.75, 3.05) is 5.32 Å². The van der Waals surface area contributed by atoms with Crippen LogP contribution in [-0.2, 0) is 12.8 Å². The monoisotopic (exact) mass is 345 g/mol. The Morgan fingerprint density at radius 2 is 2.00 bits per heavy atom. The number of thiophene rings is 1. The van der Waals surface area contributed by atoms with Crippen molar-refractivity contribution in [3.05, 3.63) is 34.9 Å². The number of primary amides is 2. The Morgan fingerprint density at radius 1 is 1.25 bits per heavy atom. The number of fused-ring (bicyclic) bond motifs is 3. The molecule has 1 aliphatic rings. The van der Waals surface area contributed by atoms with E-state index in [9.17, 15) is 9.59 Å². The van der Waals surface area contributed by atoms with Crippen LogP contribution in [0.2, 0.25) is 0 Å². The smallest absolute Gasteiger partial charge is 0.317 e. The van der Waals surface area contributed by atoms with Crippen molar-refractivity contribution >= 4 is 28.3 Å². The molecule has 0 spiro atoms. The number of rotatable bonds is 4. The van der Waals surface area contributed by atoms with Gasteiger partial charge in [-0.25, -0.2) is 4.79 Å². The van der Waals surface area contributed by atoms with Gasteiger partial charge in [0.25, 0.3) is 5.91 Å². The molecular formula is C17H19N3O3S. The Kier molecular flexibility index (Phi) is 4.19. The molecule has 0 radical (unpaired) electrons. The zero-order valence-electron chi connectivity index (χ0n) is 13.5. The molecule has 1 aromatic carbocycles. The predicted molar refractivity (Wildman–Crippen MR) is 94.7 cm³/mol. The zero-order chi connectivity index (χ0) is 17.4. The van der Waals surface area contributed by atoms with E-state index in [4.69, 9.17) is 16.2 Å². The van der Waals surface area contributed by atoms with E-state index in [1.54, 1.807) is 0 Å². The molecule has 2 aromatic rings. The molecule has 1 heterocycles. The van der Waals surface area contributed by atoms with Crippen LogP contribution in [-0.4, -0.2) is 18.0 Å². The summed E-state index contributed by atoms with van der Waals surface area (Å²) in [5.74, 6) is 0.202. The van der Waals surface area contributed by atoms with Gasteiger partial charge in [-0.3, -0.25) is 10.1 Å². The van der Waals surface area contributed by atoms with Crippen molar-refractivity contribution < 1.29 is 14.3 Å². The van der Waals surface area contributed by atoms with Crippen LogP contribution in [0.15, 0.2) is 18.2 Å². The van der Waals surface area contributed by atoms with Gasteiger partial charge in [0.1, 0.15) is 10.8 Å². The van der Waals surface area contributed by atoms with Gasteiger partial charge in [-0.1, -0.05) is 12.1 Å². The van der Waals surface area contributed by atoms with Gasteiger partial charge in [-0.15, -0.1) is 11.3 Å². The third-order valence-corrected chi connectivity index (χ3v) is 5.00. The molecule has 0 saturated heterocycles. The second kappa shape index (κ2) is 6.16. The second-order valence-corrected chi connectivity index (χ2v) is 6.94. The quantitative estimate of drug-likeness (QED) is 0.793. The van der Waals surface area contributed by atoms with Gasteiger partial charge < -0.3 is 16.2 Å². The molecule has 0 unspecified atom stereocenters. The number of aryl methyl sites for hydroxylation is 1. The topological polar surface area (TPSA) is 107 Å². The zero-order valence-corrected chi connectivity index (χ0v) is 14.3. The lowest BCUT2D eigenvalue weighted by Crippen LogP contribution is -2.22. The summed E-state index contributed by atoms with van der Waals surface area (Å²) in [7, 11) is 0. The first kappa shape index (κ1) is 16.3. The van der Waals surface area contributed by atoms with Gasteiger partial charge in [0, 0.05) is 10.4 Å². The molecule has 3 amide bonds. The normalized spacial score (nSPS) is 12.5. The molecule has 0 atom stereocenters. The van der Waals surface area contributed by atoms with Crippen molar-refractivity contribution in [2.24, 2.45) is 11.5 Å². The Morgan fingerprint density at radius 3 is 2.62 bits per heavy atom. The number of ether oxygens (including phenoxy) is 1. The third kappa shape index (κ3) is 2.82. The fourth-order valence-electron chi connectivity index (χ4n) is 3.02. The van der Waals surface area contributed by atoms with Crippen LogP contribution in [0, 0.1) is 0 Å². The highest BCUT2D eigenvalue weighted by atomic mass is 32.1. The van der Waals surface area contributed by atoms with Crippen LogP contribution in [0.4, 0.5) is 9.80 Å². The lowest BCUT2D eigenvalue weighted by Gasteiger charge is -2.21. The van der Waals surface area contributed by atoms with Crippen LogP contribution in [0.1, 0.15) is 35.3 Å². The molecular weight excluding hydrogens is 326 g/mol. The van der Waals surface area contributed by atoms with Crippen LogP contribution in [0.5, 0.6) is 5.75 Å². The van der Waals surface area contributed by atoms with Crippen molar-refractivity contribution in [2.45, 2.75) is 32.8 Å². The average Bonchev–Trinajstić information content (AvgIpc) is 2.83. The van der Waals surface area contributed by atoms with E-state index in [0.29, 0.717) is 17.0 Å². The van der Waals surface area contributed by atoms with Gasteiger partial charge in [0.05, 0.1) is 11.7 Å². The van der Waals surface area contributed by atoms with Crippen molar-refractivity contribution in [3.8, 4) is 16.2 Å². The lowest BCUT2D eigenvalue weighted by molar-refractivity contribution is 0.100. The molecule has 3 rings (SSSR count). The first-order valence-electron chi connectivity index (χ1n) is 7.69. The summed E-state index contributed by atoms with van der Waals surface area (Å²) in [5, 5.41) is 2.91. The average molecular weight is 345 g/mol. The number of anilines is 1. The molecule has 24 heavy (non-hydrogen) atoms. The number of hydrogen-bond acceptors (Lipinski definition) is 4. The van der Waals surface area contributed by atoms with E-state index >= 15 is 0 Å². The fraction of sp³-hybridized carbons (Fsp3) is 0.294. The molecule has 5 N–H and O–H groups in total. The maximum absolute atomic E-state index is 11.9. The molecule has 0 aliphatic heterocycles. The molecule has 1 aliphatic carbocycles. The number of carbonyl (C=O) groups is 2. The Labute approximate surface area is 143 Å². The van der Waals surface area contributed by atoms with Gasteiger partial charge in [0.15, 0.2) is 0 Å². The first-order valence-corrected chi connectivity index (χ1v) is 8.51. The van der Waals surface area contributed by atoms with Crippen LogP contribution >= 0.6 is 11.3 Å². The first-order chi connectivity index (χ1) is 11.4. The summed E-state index contributed by atoms with van der Waals surface area (Å²) in [5.41, 5.74) is 14.1. The van der Waals surface area contributed by atoms with E-state index in [-0.39, 0.29) is 6.10 Å². The van der Waals surface area contributed by atoms with Crippen LogP contribution < -0.4 is 21.5 Å². The number of carbonyl (C=O) groups excluding carboxylic acids is 2. The summed E-state index contributed by atoms with van der Waals surface area (Å²) in [4.78, 5) is 24.1. The van der Waals surface area contributed by atoms with Gasteiger partial charge in [-0.2, -0.15) is 0 Å². The molecule has 0 fully saturated rings. The minimum absolute atomic E-state index is 0.0284. The van der Waals surface area contributed by atoms with Crippen LogP contribution in [0.25, 0.3) is 10.4 Å². The number of benzene rings is 1. The van der Waals surface area contributed by atoms with Crippen molar-refractivity contribution in [1.82, 2.24) is 0 Å². The molecule has 1 aromatic heterocycles. The maximum atomic E-state index is 11.9. The second-order valence-electron chi connectivity index (χ2n) is 5.92. The van der Waals surface area contributed by atoms with Gasteiger partial charge in [-0.05, 0) is 43.9 Å². The largest absolute Gasteiger partial charge is 0.490 e. The Bertz CT molecular complexity index is 827. The van der Waals surface area contributed by atoms with E-state index < -0.39 is 11.9 Å². The minimum atomic E-state index is -0.719. The standard InChI is InChI=1S/C17H19N3O3S/c1-8(2)23-11-5-3-4-9-6-7-10-13(15(18)21)16(20-17(19)22)24-14(10)12(9)11/h3-5,8H,6-7H2,1-2H3,(H2,18,21)(H3,19,20,22). The summed E-state index contributed by atoms with van der Waals surface area (Å²) in [6.45, 7) is 3.93. The summed E-state index contributed by atoms with van der Waals surface area (Å²) < 4.78 is 5.94. The minimum Gasteiger partial charge on any atom is -0.490 e. The lowest BCUT2D eigenvalue weighted by atomic mass is 9.88. The Hall–Kier alpha value is -2.54. The fourth-order valence-corrected chi connectivity index (χ4v) is 4.36. The summed E-state index contributed by atoms with van der Waals surface area (Å²) in [6.07, 6.45) is 1.49. The highest BCUT2D eigenvalue weighted by Gasteiger charge is 2.29. The summed E-state index contributed by atoms with van der Waals surface area (Å²) in [6, 6.07) is 5.21. The number of urea groups is 1. The highest BCUT2D eigenvalue weighted by Crippen LogP contribution is 2.48. The number of hydrogen-bond donors (Lipinski definition) is 3. The number of amides is 3. The SMILES string of the molecule is CC(C)Oc1cccc2c1-c1sc(NC(N)=O)c(C(N)=O)c1CC2. The molecule has 7 heteroatoms. The molecule has 0 saturated carbocycles. The third-order valence-electron chi connectivity index (χ3n) is 3.84. The van der Waals surface area contributed by atoms with Crippen molar-refractivity contribution in [3.63, 3.8) is 0 Å². The molecule has 6 nitrogen and oxygen atoms in total. The number of nitrogens with one attached hydrogen (secondary N) is 1. The van der Waals surface area contributed by atoms with E-state index in [1.807, 2.05) is 26.0 Å². The predicted octanol–water partition coefficient (Wildman–Crippen LogP) is 2.89. The van der Waals surface area contributed by atoms with E-state index in [0.717, 1.165) is 33.7 Å². The van der Waals surface area contributed by atoms with E-state index in [1.165, 1.54) is 11.3 Å². The molecule has 0 bridgehead atoms. The van der Waals surface area contributed by atoms with Gasteiger partial charge >= 0.3 is 6.03 Å². The Balaban J connectivity index is 2.21. The van der Waals surface area contributed by atoms with Gasteiger partial charge in [0.2, 0.25) is 0 Å². The van der Waals surface area contributed by atoms with Crippen molar-refractivity contribution in [1.29, 1.82) is 0 Å².